The summed E-state index contributed by atoms with van der Waals surface area (Å²) in [4.78, 5) is 17.9. The summed E-state index contributed by atoms with van der Waals surface area (Å²) in [5.74, 6) is 0.662. The molecule has 150 valence electrons. The minimum atomic E-state index is -0.293. The van der Waals surface area contributed by atoms with Crippen LogP contribution in [0.3, 0.4) is 0 Å². The molecule has 0 aliphatic rings. The van der Waals surface area contributed by atoms with Crippen molar-refractivity contribution in [3.8, 4) is 5.75 Å². The highest BCUT2D eigenvalue weighted by atomic mass is 32.2. The molecule has 0 N–H and O–H groups in total. The molecule has 0 spiro atoms. The highest BCUT2D eigenvalue weighted by Gasteiger charge is 2.30. The van der Waals surface area contributed by atoms with Gasteiger partial charge in [-0.3, -0.25) is 0 Å². The number of benzene rings is 3. The predicted molar refractivity (Wildman–Crippen MR) is 120 cm³/mol. The second-order valence-electron chi connectivity index (χ2n) is 6.86. The van der Waals surface area contributed by atoms with Gasteiger partial charge in [0.1, 0.15) is 5.75 Å². The number of carbonyl (C=O) groups excluding carboxylic acids is 1. The highest BCUT2D eigenvalue weighted by molar-refractivity contribution is 7.97. The topological polar surface area (TPSA) is 29.5 Å². The summed E-state index contributed by atoms with van der Waals surface area (Å²) in [6, 6.07) is 25.4. The van der Waals surface area contributed by atoms with Gasteiger partial charge >= 0.3 is 6.09 Å². The third kappa shape index (κ3) is 4.83. The van der Waals surface area contributed by atoms with Gasteiger partial charge in [0.15, 0.2) is 14.7 Å². The Hall–Kier alpha value is -2.72. The first-order valence-electron chi connectivity index (χ1n) is 9.97. The van der Waals surface area contributed by atoms with Crippen LogP contribution in [0.5, 0.6) is 5.75 Å². The number of carbonyl (C=O) groups is 1. The van der Waals surface area contributed by atoms with Crippen LogP contribution in [0.15, 0.2) is 87.5 Å². The zero-order valence-corrected chi connectivity index (χ0v) is 18.3. The molecule has 4 heteroatoms. The zero-order chi connectivity index (χ0) is 20.8. The van der Waals surface area contributed by atoms with E-state index in [9.17, 15) is 4.79 Å². The fourth-order valence-corrected chi connectivity index (χ4v) is 5.61. The lowest BCUT2D eigenvalue weighted by molar-refractivity contribution is 0.156. The summed E-state index contributed by atoms with van der Waals surface area (Å²) in [6.07, 6.45) is -0.293. The Labute approximate surface area is 176 Å². The van der Waals surface area contributed by atoms with Crippen LogP contribution in [0.2, 0.25) is 0 Å². The van der Waals surface area contributed by atoms with Crippen LogP contribution in [0, 0.1) is 13.8 Å². The molecule has 0 saturated heterocycles. The third-order valence-corrected chi connectivity index (χ3v) is 7.03. The van der Waals surface area contributed by atoms with Crippen molar-refractivity contribution < 1.29 is 9.53 Å². The average molecular weight is 407 g/mol. The highest BCUT2D eigenvalue weighted by Crippen LogP contribution is 2.35. The molecule has 3 nitrogen and oxygen atoms in total. The van der Waals surface area contributed by atoms with Crippen LogP contribution in [0.1, 0.15) is 25.0 Å². The van der Waals surface area contributed by atoms with Gasteiger partial charge in [-0.25, -0.2) is 4.79 Å². The Bertz CT molecular complexity index is 891. The smallest absolute Gasteiger partial charge is 0.410 e. The lowest BCUT2D eigenvalue weighted by atomic mass is 10.1. The maximum absolute atomic E-state index is 12.4. The van der Waals surface area contributed by atoms with Gasteiger partial charge in [0.25, 0.3) is 0 Å². The van der Waals surface area contributed by atoms with Crippen molar-refractivity contribution >= 4 is 17.0 Å². The average Bonchev–Trinajstić information content (AvgIpc) is 2.73. The Balaban J connectivity index is 2.02. The van der Waals surface area contributed by atoms with E-state index in [1.54, 1.807) is 4.90 Å². The molecule has 1 amide bonds. The van der Waals surface area contributed by atoms with E-state index >= 15 is 0 Å². The molecular weight excluding hydrogens is 378 g/mol. The minimum absolute atomic E-state index is 0.219. The molecule has 0 saturated carbocycles. The predicted octanol–water partition coefficient (Wildman–Crippen LogP) is 6.24. The van der Waals surface area contributed by atoms with Crippen LogP contribution in [-0.2, 0) is 10.9 Å². The molecule has 0 heterocycles. The van der Waals surface area contributed by atoms with Crippen LogP contribution < -0.4 is 4.74 Å². The van der Waals surface area contributed by atoms with Crippen molar-refractivity contribution in [2.24, 2.45) is 0 Å². The summed E-state index contributed by atoms with van der Waals surface area (Å²) in [5.41, 5.74) is 1.95. The fourth-order valence-electron chi connectivity index (χ4n) is 3.34. The van der Waals surface area contributed by atoms with Gasteiger partial charge < -0.3 is 9.64 Å². The summed E-state index contributed by atoms with van der Waals surface area (Å²) in [5, 5.41) is 0. The van der Waals surface area contributed by atoms with E-state index < -0.39 is 0 Å². The van der Waals surface area contributed by atoms with Gasteiger partial charge in [0, 0.05) is 25.2 Å². The summed E-state index contributed by atoms with van der Waals surface area (Å²) in [7, 11) is -0.219. The molecule has 3 rings (SSSR count). The van der Waals surface area contributed by atoms with Gasteiger partial charge in [-0.15, -0.1) is 0 Å². The number of ether oxygens (including phenoxy) is 1. The molecule has 29 heavy (non-hydrogen) atoms. The maximum Gasteiger partial charge on any atom is 0.415 e. The van der Waals surface area contributed by atoms with Crippen LogP contribution in [0.4, 0.5) is 4.79 Å². The largest absolute Gasteiger partial charge is 0.415 e. The zero-order valence-electron chi connectivity index (χ0n) is 17.5. The molecule has 0 aromatic heterocycles. The molecule has 3 aromatic carbocycles. The van der Waals surface area contributed by atoms with Gasteiger partial charge in [0.2, 0.25) is 0 Å². The maximum atomic E-state index is 12.4. The molecule has 3 aromatic rings. The third-order valence-electron chi connectivity index (χ3n) is 4.84. The van der Waals surface area contributed by atoms with Gasteiger partial charge in [-0.05, 0) is 63.1 Å². The lowest BCUT2D eigenvalue weighted by Gasteiger charge is -2.20. The summed E-state index contributed by atoms with van der Waals surface area (Å²) in [6.45, 7) is 9.21. The Kier molecular flexibility index (Phi) is 6.99. The van der Waals surface area contributed by atoms with Crippen molar-refractivity contribution in [3.63, 3.8) is 0 Å². The first-order valence-corrected chi connectivity index (χ1v) is 11.2. The number of hydrogen-bond acceptors (Lipinski definition) is 2. The Morgan fingerprint density at radius 2 is 1.24 bits per heavy atom. The first kappa shape index (κ1) is 21.0. The second kappa shape index (κ2) is 9.66. The molecule has 0 aliphatic carbocycles. The molecule has 0 atom stereocenters. The Morgan fingerprint density at radius 1 is 0.793 bits per heavy atom. The molecular formula is C25H28NO2S+. The van der Waals surface area contributed by atoms with Crippen molar-refractivity contribution in [2.45, 2.75) is 42.4 Å². The standard InChI is InChI=1S/C25H28NO2S/c1-5-26(6-2)25(27)28-24-19(3)17-23(18-20(24)4)29(21-13-9-7-10-14-21)22-15-11-8-12-16-22/h7-18H,5-6H2,1-4H3/q+1. The lowest BCUT2D eigenvalue weighted by Crippen LogP contribution is -2.33. The second-order valence-corrected chi connectivity index (χ2v) is 8.89. The van der Waals surface area contributed by atoms with Crippen molar-refractivity contribution in [2.75, 3.05) is 13.1 Å². The molecule has 0 radical (unpaired) electrons. The first-order chi connectivity index (χ1) is 14.0. The van der Waals surface area contributed by atoms with E-state index in [1.165, 1.54) is 14.7 Å². The quantitative estimate of drug-likeness (QED) is 0.454. The van der Waals surface area contributed by atoms with E-state index in [4.69, 9.17) is 4.74 Å². The van der Waals surface area contributed by atoms with Crippen molar-refractivity contribution in [1.29, 1.82) is 0 Å². The minimum Gasteiger partial charge on any atom is -0.410 e. The fraction of sp³-hybridized carbons (Fsp3) is 0.240. The number of hydrogen-bond donors (Lipinski definition) is 0. The van der Waals surface area contributed by atoms with E-state index in [0.717, 1.165) is 11.1 Å². The SMILES string of the molecule is CCN(CC)C(=O)Oc1c(C)cc([S+](c2ccccc2)c2ccccc2)cc1C. The molecule has 0 unspecified atom stereocenters. The Morgan fingerprint density at radius 3 is 1.66 bits per heavy atom. The van der Waals surface area contributed by atoms with Gasteiger partial charge in [-0.2, -0.15) is 0 Å². The van der Waals surface area contributed by atoms with Crippen LogP contribution in [-0.4, -0.2) is 24.1 Å². The summed E-state index contributed by atoms with van der Waals surface area (Å²) >= 11 is 0. The number of nitrogens with zero attached hydrogens (tertiary/aromatic N) is 1. The van der Waals surface area contributed by atoms with Gasteiger partial charge in [0.05, 0.1) is 10.9 Å². The van der Waals surface area contributed by atoms with E-state index in [0.29, 0.717) is 18.8 Å². The van der Waals surface area contributed by atoms with Crippen molar-refractivity contribution in [1.82, 2.24) is 4.90 Å². The number of amides is 1. The van der Waals surface area contributed by atoms with E-state index in [-0.39, 0.29) is 17.0 Å². The molecule has 0 fully saturated rings. The van der Waals surface area contributed by atoms with E-state index in [2.05, 4.69) is 60.7 Å². The normalized spacial score (nSPS) is 10.8. The molecule has 0 bridgehead atoms. The summed E-state index contributed by atoms with van der Waals surface area (Å²) < 4.78 is 5.76. The number of rotatable bonds is 6. The monoisotopic (exact) mass is 406 g/mol. The van der Waals surface area contributed by atoms with Crippen molar-refractivity contribution in [3.05, 3.63) is 83.9 Å². The van der Waals surface area contributed by atoms with Crippen LogP contribution >= 0.6 is 0 Å². The number of aryl methyl sites for hydroxylation is 2. The van der Waals surface area contributed by atoms with E-state index in [1.807, 2.05) is 39.8 Å². The molecule has 0 aliphatic heterocycles. The van der Waals surface area contributed by atoms with Crippen LogP contribution in [0.25, 0.3) is 0 Å². The van der Waals surface area contributed by atoms with Gasteiger partial charge in [-0.1, -0.05) is 36.4 Å².